The van der Waals surface area contributed by atoms with Crippen molar-refractivity contribution in [1.82, 2.24) is 5.32 Å². The van der Waals surface area contributed by atoms with E-state index in [1.54, 1.807) is 13.4 Å². The predicted octanol–water partition coefficient (Wildman–Crippen LogP) is 2.86. The monoisotopic (exact) mass is 239 g/mol. The van der Waals surface area contributed by atoms with Crippen LogP contribution in [-0.4, -0.2) is 26.8 Å². The number of nitrogens with one attached hydrogen (secondary N) is 1. The third-order valence-corrected chi connectivity index (χ3v) is 3.10. The summed E-state index contributed by atoms with van der Waals surface area (Å²) in [7, 11) is 1.73. The van der Waals surface area contributed by atoms with Crippen molar-refractivity contribution in [3.63, 3.8) is 0 Å². The largest absolute Gasteiger partial charge is 0.472 e. The Hall–Kier alpha value is -0.800. The summed E-state index contributed by atoms with van der Waals surface area (Å²) < 4.78 is 10.2. The highest BCUT2D eigenvalue weighted by atomic mass is 16.5. The maximum atomic E-state index is 5.14. The molecule has 0 saturated heterocycles. The summed E-state index contributed by atoms with van der Waals surface area (Å²) in [4.78, 5) is 0. The lowest BCUT2D eigenvalue weighted by Crippen LogP contribution is -2.35. The summed E-state index contributed by atoms with van der Waals surface area (Å²) in [6, 6.07) is 2.06. The zero-order valence-electron chi connectivity index (χ0n) is 11.3. The fraction of sp³-hybridized carbons (Fsp3) is 0.714. The number of furan rings is 1. The maximum Gasteiger partial charge on any atom is 0.0934 e. The Morgan fingerprint density at radius 1 is 1.47 bits per heavy atom. The molecule has 1 aromatic heterocycles. The van der Waals surface area contributed by atoms with Crippen molar-refractivity contribution < 1.29 is 9.15 Å². The van der Waals surface area contributed by atoms with Gasteiger partial charge in [-0.25, -0.2) is 0 Å². The van der Waals surface area contributed by atoms with Gasteiger partial charge in [-0.05, 0) is 29.9 Å². The topological polar surface area (TPSA) is 34.4 Å². The van der Waals surface area contributed by atoms with Gasteiger partial charge in [-0.3, -0.25) is 0 Å². The van der Waals surface area contributed by atoms with E-state index in [0.717, 1.165) is 26.1 Å². The number of hydrogen-bond acceptors (Lipinski definition) is 3. The van der Waals surface area contributed by atoms with E-state index in [1.807, 2.05) is 6.26 Å². The quantitative estimate of drug-likeness (QED) is 0.673. The third kappa shape index (κ3) is 5.37. The summed E-state index contributed by atoms with van der Waals surface area (Å²) in [5.74, 6) is 0. The Morgan fingerprint density at radius 3 is 2.88 bits per heavy atom. The molecule has 1 rings (SSSR count). The average molecular weight is 239 g/mol. The van der Waals surface area contributed by atoms with E-state index >= 15 is 0 Å². The average Bonchev–Trinajstić information content (AvgIpc) is 2.77. The first-order chi connectivity index (χ1) is 8.20. The van der Waals surface area contributed by atoms with Crippen molar-refractivity contribution in [3.8, 4) is 0 Å². The van der Waals surface area contributed by atoms with Gasteiger partial charge < -0.3 is 14.5 Å². The highest BCUT2D eigenvalue weighted by Gasteiger charge is 2.23. The summed E-state index contributed by atoms with van der Waals surface area (Å²) in [5, 5.41) is 3.47. The van der Waals surface area contributed by atoms with E-state index in [-0.39, 0.29) is 0 Å². The van der Waals surface area contributed by atoms with Crippen LogP contribution in [0.25, 0.3) is 0 Å². The Labute approximate surface area is 105 Å². The van der Waals surface area contributed by atoms with Gasteiger partial charge in [-0.2, -0.15) is 0 Å². The fourth-order valence-corrected chi connectivity index (χ4v) is 2.29. The third-order valence-electron chi connectivity index (χ3n) is 3.10. The minimum atomic E-state index is 0.298. The Balaban J connectivity index is 2.43. The number of ether oxygens (including phenoxy) is 1. The normalized spacial score (nSPS) is 14.8. The SMILES string of the molecule is CCCC(C)(CNCCOC)Cc1ccoc1. The molecule has 1 unspecified atom stereocenters. The van der Waals surface area contributed by atoms with Crippen molar-refractivity contribution >= 4 is 0 Å². The first kappa shape index (κ1) is 14.3. The van der Waals surface area contributed by atoms with Gasteiger partial charge in [0.1, 0.15) is 0 Å². The molecule has 0 fully saturated rings. The fourth-order valence-electron chi connectivity index (χ4n) is 2.29. The van der Waals surface area contributed by atoms with E-state index < -0.39 is 0 Å². The van der Waals surface area contributed by atoms with Crippen LogP contribution in [0.4, 0.5) is 0 Å². The van der Waals surface area contributed by atoms with Crippen molar-refractivity contribution in [1.29, 1.82) is 0 Å². The van der Waals surface area contributed by atoms with E-state index in [0.29, 0.717) is 5.41 Å². The standard InChI is InChI=1S/C14H25NO2/c1-4-6-14(2,12-15-7-9-16-3)10-13-5-8-17-11-13/h5,8,11,15H,4,6-7,9-10,12H2,1-3H3. The summed E-state index contributed by atoms with van der Waals surface area (Å²) >= 11 is 0. The van der Waals surface area contributed by atoms with E-state index in [9.17, 15) is 0 Å². The minimum Gasteiger partial charge on any atom is -0.472 e. The van der Waals surface area contributed by atoms with Gasteiger partial charge in [0.2, 0.25) is 0 Å². The molecule has 0 saturated carbocycles. The van der Waals surface area contributed by atoms with Crippen molar-refractivity contribution in [3.05, 3.63) is 24.2 Å². The molecule has 3 nitrogen and oxygen atoms in total. The Bertz CT molecular complexity index is 284. The summed E-state index contributed by atoms with van der Waals surface area (Å²) in [6.45, 7) is 7.29. The molecule has 1 aromatic rings. The molecule has 0 radical (unpaired) electrons. The second-order valence-electron chi connectivity index (χ2n) is 5.04. The second-order valence-corrected chi connectivity index (χ2v) is 5.04. The first-order valence-corrected chi connectivity index (χ1v) is 6.41. The van der Waals surface area contributed by atoms with Crippen LogP contribution in [0.1, 0.15) is 32.3 Å². The second kappa shape index (κ2) is 7.51. The van der Waals surface area contributed by atoms with Crippen LogP contribution in [0.3, 0.4) is 0 Å². The molecule has 0 aliphatic carbocycles. The molecule has 1 heterocycles. The molecule has 98 valence electrons. The number of rotatable bonds is 9. The predicted molar refractivity (Wildman–Crippen MR) is 70.2 cm³/mol. The van der Waals surface area contributed by atoms with Gasteiger partial charge in [-0.1, -0.05) is 20.3 Å². The first-order valence-electron chi connectivity index (χ1n) is 6.41. The number of hydrogen-bond donors (Lipinski definition) is 1. The Morgan fingerprint density at radius 2 is 2.29 bits per heavy atom. The molecule has 3 heteroatoms. The molecular weight excluding hydrogens is 214 g/mol. The van der Waals surface area contributed by atoms with Crippen molar-refractivity contribution in [2.45, 2.75) is 33.1 Å². The van der Waals surface area contributed by atoms with Crippen molar-refractivity contribution in [2.24, 2.45) is 5.41 Å². The molecule has 0 aliphatic heterocycles. The van der Waals surface area contributed by atoms with E-state index in [1.165, 1.54) is 18.4 Å². The smallest absolute Gasteiger partial charge is 0.0934 e. The van der Waals surface area contributed by atoms with Gasteiger partial charge in [0.05, 0.1) is 19.1 Å². The maximum absolute atomic E-state index is 5.14. The lowest BCUT2D eigenvalue weighted by molar-refractivity contribution is 0.190. The van der Waals surface area contributed by atoms with E-state index in [4.69, 9.17) is 9.15 Å². The number of methoxy groups -OCH3 is 1. The molecule has 0 aromatic carbocycles. The molecule has 1 atom stereocenters. The minimum absolute atomic E-state index is 0.298. The van der Waals surface area contributed by atoms with Crippen LogP contribution in [0, 0.1) is 5.41 Å². The van der Waals surface area contributed by atoms with E-state index in [2.05, 4.69) is 25.2 Å². The lowest BCUT2D eigenvalue weighted by atomic mass is 9.80. The highest BCUT2D eigenvalue weighted by molar-refractivity contribution is 5.08. The summed E-state index contributed by atoms with van der Waals surface area (Å²) in [6.07, 6.45) is 7.10. The van der Waals surface area contributed by atoms with Gasteiger partial charge in [0.25, 0.3) is 0 Å². The lowest BCUT2D eigenvalue weighted by Gasteiger charge is -2.29. The van der Waals surface area contributed by atoms with Crippen molar-refractivity contribution in [2.75, 3.05) is 26.8 Å². The zero-order valence-corrected chi connectivity index (χ0v) is 11.3. The summed E-state index contributed by atoms with van der Waals surface area (Å²) in [5.41, 5.74) is 1.58. The molecule has 0 bridgehead atoms. The zero-order chi connectivity index (χ0) is 12.6. The Kier molecular flexibility index (Phi) is 6.30. The molecule has 1 N–H and O–H groups in total. The molecule has 0 spiro atoms. The van der Waals surface area contributed by atoms with Crippen LogP contribution >= 0.6 is 0 Å². The van der Waals surface area contributed by atoms with Crippen LogP contribution in [0.5, 0.6) is 0 Å². The van der Waals surface area contributed by atoms with Crippen LogP contribution in [0.2, 0.25) is 0 Å². The van der Waals surface area contributed by atoms with Gasteiger partial charge in [0, 0.05) is 20.2 Å². The molecule has 0 amide bonds. The van der Waals surface area contributed by atoms with Gasteiger partial charge in [0.15, 0.2) is 0 Å². The molecule has 17 heavy (non-hydrogen) atoms. The van der Waals surface area contributed by atoms with Gasteiger partial charge in [-0.15, -0.1) is 0 Å². The van der Waals surface area contributed by atoms with Gasteiger partial charge >= 0.3 is 0 Å². The molecule has 0 aliphatic rings. The highest BCUT2D eigenvalue weighted by Crippen LogP contribution is 2.27. The van der Waals surface area contributed by atoms with Crippen LogP contribution in [-0.2, 0) is 11.2 Å². The van der Waals surface area contributed by atoms with Crippen LogP contribution < -0.4 is 5.32 Å². The molecular formula is C14H25NO2. The van der Waals surface area contributed by atoms with Crippen LogP contribution in [0.15, 0.2) is 23.0 Å².